The number of morpholine rings is 1. The van der Waals surface area contributed by atoms with Gasteiger partial charge in [0.15, 0.2) is 11.9 Å². The fraction of sp³-hybridized carbons (Fsp3) is 0.833. The Hall–Kier alpha value is -0.940. The van der Waals surface area contributed by atoms with E-state index in [1.807, 2.05) is 0 Å². The molecule has 2 aliphatic heterocycles. The van der Waals surface area contributed by atoms with Crippen LogP contribution >= 0.6 is 0 Å². The summed E-state index contributed by atoms with van der Waals surface area (Å²) in [4.78, 5) is 4.22. The molecule has 0 amide bonds. The molecule has 0 radical (unpaired) electrons. The first kappa shape index (κ1) is 11.2. The Morgan fingerprint density at radius 2 is 1.82 bits per heavy atom. The van der Waals surface area contributed by atoms with Crippen LogP contribution in [0.4, 0.5) is 0 Å². The van der Waals surface area contributed by atoms with Gasteiger partial charge in [-0.25, -0.2) is 0 Å². The van der Waals surface area contributed by atoms with Gasteiger partial charge in [0, 0.05) is 5.92 Å². The zero-order chi connectivity index (χ0) is 11.7. The molecule has 1 saturated carbocycles. The van der Waals surface area contributed by atoms with E-state index in [0.717, 1.165) is 18.7 Å². The van der Waals surface area contributed by atoms with Gasteiger partial charge in [0.05, 0.1) is 13.2 Å². The topological polar surface area (TPSA) is 57.0 Å². The summed E-state index contributed by atoms with van der Waals surface area (Å²) in [6.07, 6.45) is 6.09. The molecule has 0 bridgehead atoms. The van der Waals surface area contributed by atoms with Gasteiger partial charge in [0.1, 0.15) is 13.1 Å². The second-order valence-electron chi connectivity index (χ2n) is 5.17. The average molecular weight is 237 g/mol. The van der Waals surface area contributed by atoms with Gasteiger partial charge in [-0.05, 0) is 12.8 Å². The molecule has 0 aromatic carbocycles. The smallest absolute Gasteiger partial charge is 0.199 e. The van der Waals surface area contributed by atoms with Gasteiger partial charge < -0.3 is 9.84 Å². The predicted molar refractivity (Wildman–Crippen MR) is 62.3 cm³/mol. The third-order valence-corrected chi connectivity index (χ3v) is 4.04. The van der Waals surface area contributed by atoms with Crippen LogP contribution in [0.1, 0.15) is 32.1 Å². The number of rotatable bonds is 1. The Labute approximate surface area is 101 Å². The average Bonchev–Trinajstić information content (AvgIpc) is 2.69. The standard InChI is InChI=1S/C12H19N3O2/c16-12-13-11(10-4-2-1-3-5-10)14-15(12)6-8-17-9-7-15/h10H,1-9H2. The van der Waals surface area contributed by atoms with Crippen LogP contribution in [0.2, 0.25) is 0 Å². The highest BCUT2D eigenvalue weighted by Gasteiger charge is 2.39. The molecule has 2 fully saturated rings. The molecule has 2 heterocycles. The number of hydrogen-bond acceptors (Lipinski definition) is 4. The number of quaternary nitrogens is 1. The Balaban J connectivity index is 1.80. The first-order chi connectivity index (χ1) is 8.30. The zero-order valence-electron chi connectivity index (χ0n) is 10.1. The molecule has 0 aromatic rings. The van der Waals surface area contributed by atoms with Crippen molar-refractivity contribution in [1.82, 2.24) is 0 Å². The van der Waals surface area contributed by atoms with E-state index < -0.39 is 0 Å². The summed E-state index contributed by atoms with van der Waals surface area (Å²) >= 11 is 0. The fourth-order valence-corrected chi connectivity index (χ4v) is 2.92. The lowest BCUT2D eigenvalue weighted by Gasteiger charge is -2.34. The summed E-state index contributed by atoms with van der Waals surface area (Å²) in [5.74, 6) is 1.24. The van der Waals surface area contributed by atoms with Gasteiger partial charge in [-0.15, -0.1) is 0 Å². The predicted octanol–water partition coefficient (Wildman–Crippen LogP) is 0.457. The lowest BCUT2D eigenvalue weighted by Crippen LogP contribution is -2.57. The summed E-state index contributed by atoms with van der Waals surface area (Å²) < 4.78 is 5.48. The molecule has 3 rings (SSSR count). The summed E-state index contributed by atoms with van der Waals surface area (Å²) in [6.45, 7) is 2.53. The molecule has 1 aliphatic carbocycles. The van der Waals surface area contributed by atoms with E-state index in [-0.39, 0.29) is 10.6 Å². The maximum absolute atomic E-state index is 12.0. The van der Waals surface area contributed by atoms with Gasteiger partial charge in [0.25, 0.3) is 0 Å². The van der Waals surface area contributed by atoms with Crippen LogP contribution in [-0.4, -0.2) is 42.8 Å². The molecule has 0 atom stereocenters. The van der Waals surface area contributed by atoms with Crippen molar-refractivity contribution in [2.45, 2.75) is 32.1 Å². The highest BCUT2D eigenvalue weighted by Crippen LogP contribution is 2.29. The van der Waals surface area contributed by atoms with Crippen molar-refractivity contribution in [3.63, 3.8) is 0 Å². The molecule has 94 valence electrons. The Morgan fingerprint density at radius 3 is 2.53 bits per heavy atom. The van der Waals surface area contributed by atoms with E-state index in [4.69, 9.17) is 4.74 Å². The summed E-state index contributed by atoms with van der Waals surface area (Å²) in [7, 11) is 0. The molecule has 0 N–H and O–H groups in total. The van der Waals surface area contributed by atoms with Crippen LogP contribution in [0.3, 0.4) is 0 Å². The van der Waals surface area contributed by atoms with E-state index >= 15 is 0 Å². The minimum Gasteiger partial charge on any atom is -0.814 e. The quantitative estimate of drug-likeness (QED) is 0.622. The molecule has 3 aliphatic rings. The van der Waals surface area contributed by atoms with Gasteiger partial charge in [0.2, 0.25) is 0 Å². The minimum atomic E-state index is -0.0751. The summed E-state index contributed by atoms with van der Waals surface area (Å²) in [5, 5.41) is 16.7. The molecule has 1 saturated heterocycles. The van der Waals surface area contributed by atoms with Gasteiger partial charge in [-0.2, -0.15) is 9.58 Å². The van der Waals surface area contributed by atoms with Crippen LogP contribution < -0.4 is 5.11 Å². The highest BCUT2D eigenvalue weighted by molar-refractivity contribution is 5.94. The van der Waals surface area contributed by atoms with Crippen LogP contribution in [0.25, 0.3) is 0 Å². The minimum absolute atomic E-state index is 0.0751. The van der Waals surface area contributed by atoms with Crippen LogP contribution in [0, 0.1) is 5.92 Å². The number of hydrogen-bond donors (Lipinski definition) is 0. The first-order valence-electron chi connectivity index (χ1n) is 6.61. The van der Waals surface area contributed by atoms with Crippen molar-refractivity contribution in [1.29, 1.82) is 0 Å². The molecular weight excluding hydrogens is 218 g/mol. The molecule has 0 unspecified atom stereocenters. The van der Waals surface area contributed by atoms with Crippen LogP contribution in [0.15, 0.2) is 10.1 Å². The molecule has 17 heavy (non-hydrogen) atoms. The Morgan fingerprint density at radius 1 is 1.12 bits per heavy atom. The molecule has 5 nitrogen and oxygen atoms in total. The van der Waals surface area contributed by atoms with Crippen molar-refractivity contribution in [3.8, 4) is 0 Å². The Bertz CT molecular complexity index is 353. The number of amidine groups is 2. The third-order valence-electron chi connectivity index (χ3n) is 4.04. The Kier molecular flexibility index (Phi) is 2.88. The lowest BCUT2D eigenvalue weighted by atomic mass is 9.88. The van der Waals surface area contributed by atoms with Crippen LogP contribution in [-0.2, 0) is 4.74 Å². The van der Waals surface area contributed by atoms with Crippen molar-refractivity contribution in [3.05, 3.63) is 0 Å². The van der Waals surface area contributed by atoms with E-state index in [0.29, 0.717) is 32.2 Å². The van der Waals surface area contributed by atoms with Crippen molar-refractivity contribution in [2.75, 3.05) is 26.3 Å². The normalized spacial score (nSPS) is 29.2. The largest absolute Gasteiger partial charge is 0.814 e. The van der Waals surface area contributed by atoms with Gasteiger partial charge in [-0.1, -0.05) is 24.4 Å². The molecule has 1 spiro atoms. The van der Waals surface area contributed by atoms with Crippen molar-refractivity contribution in [2.24, 2.45) is 16.0 Å². The summed E-state index contributed by atoms with van der Waals surface area (Å²) in [6, 6.07) is -0.0751. The first-order valence-corrected chi connectivity index (χ1v) is 6.61. The van der Waals surface area contributed by atoms with Crippen molar-refractivity contribution >= 4 is 11.9 Å². The third kappa shape index (κ3) is 1.98. The van der Waals surface area contributed by atoms with Crippen molar-refractivity contribution < 1.29 is 14.4 Å². The molecule has 0 aromatic heterocycles. The lowest BCUT2D eigenvalue weighted by molar-refractivity contribution is -0.879. The molecular formula is C12H19N3O2. The van der Waals surface area contributed by atoms with E-state index in [1.54, 1.807) is 0 Å². The van der Waals surface area contributed by atoms with E-state index in [2.05, 4.69) is 10.1 Å². The van der Waals surface area contributed by atoms with E-state index in [9.17, 15) is 5.11 Å². The zero-order valence-corrected chi connectivity index (χ0v) is 10.1. The van der Waals surface area contributed by atoms with Gasteiger partial charge >= 0.3 is 0 Å². The second kappa shape index (κ2) is 4.38. The summed E-state index contributed by atoms with van der Waals surface area (Å²) in [5.41, 5.74) is 0. The fourth-order valence-electron chi connectivity index (χ4n) is 2.92. The second-order valence-corrected chi connectivity index (χ2v) is 5.17. The van der Waals surface area contributed by atoms with E-state index in [1.165, 1.54) is 19.3 Å². The monoisotopic (exact) mass is 237 g/mol. The number of ether oxygens (including phenoxy) is 1. The maximum atomic E-state index is 12.0. The molecule has 5 heteroatoms. The highest BCUT2D eigenvalue weighted by atomic mass is 16.5. The number of aliphatic imine (C=N–C) groups is 1. The SMILES string of the molecule is [O-]C1=NC(C2CCCCC2)=N[N+]12CCOCC2. The maximum Gasteiger partial charge on any atom is 0.199 e. The number of nitrogens with zero attached hydrogens (tertiary/aromatic N) is 3. The van der Waals surface area contributed by atoms with Crippen LogP contribution in [0.5, 0.6) is 0 Å². The van der Waals surface area contributed by atoms with Gasteiger partial charge in [-0.3, -0.25) is 0 Å².